The highest BCUT2D eigenvalue weighted by Gasteiger charge is 2.33. The Balaban J connectivity index is 2.41. The lowest BCUT2D eigenvalue weighted by molar-refractivity contribution is -0.122. The van der Waals surface area contributed by atoms with Gasteiger partial charge in [-0.3, -0.25) is 14.1 Å². The Morgan fingerprint density at radius 2 is 1.52 bits per heavy atom. The Bertz CT molecular complexity index is 1120. The number of nitrogens with one attached hydrogen (secondary N) is 1. The van der Waals surface area contributed by atoms with Gasteiger partial charge in [0.25, 0.3) is 26.0 Å². The molecule has 12 heteroatoms. The van der Waals surface area contributed by atoms with Crippen molar-refractivity contribution in [1.82, 2.24) is 4.72 Å². The SMILES string of the molecule is NC(=O)CC(c1ccccc1S(=O)(=O)O)[C@H](N)C(=O)NS(=O)(=O)c1ccccc1. The number of carbonyl (C=O) groups is 2. The highest BCUT2D eigenvalue weighted by atomic mass is 32.2. The number of sulfonamides is 1. The molecule has 0 saturated heterocycles. The van der Waals surface area contributed by atoms with Gasteiger partial charge in [-0.1, -0.05) is 36.4 Å². The van der Waals surface area contributed by atoms with Gasteiger partial charge in [0.1, 0.15) is 0 Å². The largest absolute Gasteiger partial charge is 0.370 e. The van der Waals surface area contributed by atoms with Crippen molar-refractivity contribution in [3.63, 3.8) is 0 Å². The van der Waals surface area contributed by atoms with Gasteiger partial charge in [0.15, 0.2) is 0 Å². The molecule has 0 aliphatic heterocycles. The molecule has 2 rings (SSSR count). The van der Waals surface area contributed by atoms with Crippen molar-refractivity contribution < 1.29 is 31.0 Å². The van der Waals surface area contributed by atoms with Gasteiger partial charge in [-0.15, -0.1) is 0 Å². The number of carbonyl (C=O) groups excluding carboxylic acids is 2. The molecule has 2 aromatic rings. The number of amides is 2. The van der Waals surface area contributed by atoms with Crippen molar-refractivity contribution in [2.75, 3.05) is 0 Å². The van der Waals surface area contributed by atoms with E-state index in [4.69, 9.17) is 11.5 Å². The first kappa shape index (κ1) is 22.5. The Morgan fingerprint density at radius 3 is 2.07 bits per heavy atom. The summed E-state index contributed by atoms with van der Waals surface area (Å²) < 4.78 is 59.2. The van der Waals surface area contributed by atoms with Crippen molar-refractivity contribution in [3.8, 4) is 0 Å². The van der Waals surface area contributed by atoms with Crippen LogP contribution < -0.4 is 16.2 Å². The zero-order valence-electron chi connectivity index (χ0n) is 14.9. The number of benzene rings is 2. The summed E-state index contributed by atoms with van der Waals surface area (Å²) in [7, 11) is -8.96. The summed E-state index contributed by atoms with van der Waals surface area (Å²) in [5.41, 5.74) is 10.9. The van der Waals surface area contributed by atoms with Crippen LogP contribution in [-0.2, 0) is 29.7 Å². The van der Waals surface area contributed by atoms with E-state index < -0.39 is 55.2 Å². The monoisotopic (exact) mass is 441 g/mol. The molecule has 2 atom stereocenters. The molecule has 6 N–H and O–H groups in total. The van der Waals surface area contributed by atoms with Crippen LogP contribution in [0.25, 0.3) is 0 Å². The zero-order valence-corrected chi connectivity index (χ0v) is 16.6. The van der Waals surface area contributed by atoms with Gasteiger partial charge in [0.05, 0.1) is 15.8 Å². The third kappa shape index (κ3) is 5.60. The molecule has 0 bridgehead atoms. The number of hydrogen-bond acceptors (Lipinski definition) is 7. The topological polar surface area (TPSA) is 187 Å². The predicted molar refractivity (Wildman–Crippen MR) is 103 cm³/mol. The highest BCUT2D eigenvalue weighted by Crippen LogP contribution is 2.29. The fourth-order valence-corrected chi connectivity index (χ4v) is 4.51. The molecule has 156 valence electrons. The summed E-state index contributed by atoms with van der Waals surface area (Å²) >= 11 is 0. The molecule has 0 aromatic heterocycles. The van der Waals surface area contributed by atoms with Crippen LogP contribution in [0.4, 0.5) is 0 Å². The van der Waals surface area contributed by atoms with E-state index in [-0.39, 0.29) is 10.5 Å². The van der Waals surface area contributed by atoms with Crippen LogP contribution in [0.2, 0.25) is 0 Å². The van der Waals surface area contributed by atoms with E-state index >= 15 is 0 Å². The second kappa shape index (κ2) is 8.69. The van der Waals surface area contributed by atoms with Gasteiger partial charge in [0.2, 0.25) is 5.91 Å². The molecular weight excluding hydrogens is 422 g/mol. The van der Waals surface area contributed by atoms with Crippen molar-refractivity contribution in [2.24, 2.45) is 11.5 Å². The molecule has 29 heavy (non-hydrogen) atoms. The van der Waals surface area contributed by atoms with E-state index in [1.165, 1.54) is 42.5 Å². The van der Waals surface area contributed by atoms with E-state index in [9.17, 15) is 31.0 Å². The molecular formula is C17H19N3O7S2. The van der Waals surface area contributed by atoms with Gasteiger partial charge >= 0.3 is 0 Å². The average Bonchev–Trinajstić information content (AvgIpc) is 2.65. The lowest BCUT2D eigenvalue weighted by atomic mass is 9.88. The van der Waals surface area contributed by atoms with Crippen molar-refractivity contribution in [3.05, 3.63) is 60.2 Å². The molecule has 0 fully saturated rings. The quantitative estimate of drug-likeness (QED) is 0.403. The minimum absolute atomic E-state index is 0.145. The molecule has 2 amide bonds. The van der Waals surface area contributed by atoms with Gasteiger partial charge in [-0.25, -0.2) is 13.1 Å². The number of primary amides is 1. The molecule has 0 spiro atoms. The molecule has 0 aliphatic rings. The highest BCUT2D eigenvalue weighted by molar-refractivity contribution is 7.90. The second-order valence-corrected chi connectivity index (χ2v) is 9.17. The Kier molecular flexibility index (Phi) is 6.74. The van der Waals surface area contributed by atoms with Crippen LogP contribution >= 0.6 is 0 Å². The molecule has 0 heterocycles. The maximum atomic E-state index is 12.5. The summed E-state index contributed by atoms with van der Waals surface area (Å²) in [4.78, 5) is 23.2. The smallest absolute Gasteiger partial charge is 0.294 e. The maximum absolute atomic E-state index is 12.5. The zero-order chi connectivity index (χ0) is 21.8. The lowest BCUT2D eigenvalue weighted by Crippen LogP contribution is -2.47. The summed E-state index contributed by atoms with van der Waals surface area (Å²) in [6, 6.07) is 10.4. The van der Waals surface area contributed by atoms with Crippen molar-refractivity contribution in [2.45, 2.75) is 28.2 Å². The first-order valence-electron chi connectivity index (χ1n) is 8.15. The summed E-state index contributed by atoms with van der Waals surface area (Å²) in [6.45, 7) is 0. The second-order valence-electron chi connectivity index (χ2n) is 6.10. The van der Waals surface area contributed by atoms with E-state index in [1.54, 1.807) is 10.8 Å². The number of rotatable bonds is 8. The fraction of sp³-hybridized carbons (Fsp3) is 0.176. The Morgan fingerprint density at radius 1 is 0.966 bits per heavy atom. The minimum atomic E-state index is -4.71. The third-order valence-corrected chi connectivity index (χ3v) is 6.33. The molecule has 10 nitrogen and oxygen atoms in total. The first-order valence-corrected chi connectivity index (χ1v) is 11.1. The van der Waals surface area contributed by atoms with E-state index in [2.05, 4.69) is 0 Å². The van der Waals surface area contributed by atoms with Gasteiger partial charge < -0.3 is 11.5 Å². The molecule has 0 radical (unpaired) electrons. The van der Waals surface area contributed by atoms with Gasteiger partial charge in [-0.05, 0) is 23.8 Å². The first-order chi connectivity index (χ1) is 13.4. The molecule has 0 saturated carbocycles. The Labute approximate surface area is 167 Å². The van der Waals surface area contributed by atoms with Crippen LogP contribution in [0.5, 0.6) is 0 Å². The standard InChI is InChI=1S/C17H19N3O7S2/c18-15(21)10-13(12-8-4-5-9-14(12)29(25,26)27)16(19)17(22)20-28(23,24)11-6-2-1-3-7-11/h1-9,13,16H,10,19H2,(H2,18,21)(H,20,22)(H,25,26,27)/t13?,16-/m0/s1. The minimum Gasteiger partial charge on any atom is -0.370 e. The maximum Gasteiger partial charge on any atom is 0.294 e. The fourth-order valence-electron chi connectivity index (χ4n) is 2.71. The normalized spacial score (nSPS) is 14.0. The summed E-state index contributed by atoms with van der Waals surface area (Å²) in [5, 5.41) is 0. The number of hydrogen-bond donors (Lipinski definition) is 4. The Hall–Kier alpha value is -2.80. The van der Waals surface area contributed by atoms with Crippen LogP contribution in [0.3, 0.4) is 0 Å². The van der Waals surface area contributed by atoms with E-state index in [0.29, 0.717) is 0 Å². The van der Waals surface area contributed by atoms with Crippen LogP contribution in [-0.4, -0.2) is 39.2 Å². The van der Waals surface area contributed by atoms with E-state index in [0.717, 1.165) is 6.07 Å². The molecule has 0 aliphatic carbocycles. The summed E-state index contributed by atoms with van der Waals surface area (Å²) in [6.07, 6.45) is -0.563. The number of nitrogens with two attached hydrogens (primary N) is 2. The average molecular weight is 441 g/mol. The van der Waals surface area contributed by atoms with Crippen LogP contribution in [0.1, 0.15) is 17.9 Å². The van der Waals surface area contributed by atoms with Gasteiger partial charge in [0, 0.05) is 12.3 Å². The molecule has 2 aromatic carbocycles. The summed E-state index contributed by atoms with van der Waals surface area (Å²) in [5.74, 6) is -3.39. The van der Waals surface area contributed by atoms with Gasteiger partial charge in [-0.2, -0.15) is 8.42 Å². The van der Waals surface area contributed by atoms with Crippen molar-refractivity contribution in [1.29, 1.82) is 0 Å². The van der Waals surface area contributed by atoms with E-state index in [1.807, 2.05) is 0 Å². The third-order valence-electron chi connectivity index (χ3n) is 4.04. The van der Waals surface area contributed by atoms with Crippen molar-refractivity contribution >= 4 is 32.0 Å². The van der Waals surface area contributed by atoms with Crippen LogP contribution in [0, 0.1) is 0 Å². The lowest BCUT2D eigenvalue weighted by Gasteiger charge is -2.24. The van der Waals surface area contributed by atoms with Crippen LogP contribution in [0.15, 0.2) is 64.4 Å². The molecule has 1 unspecified atom stereocenters. The predicted octanol–water partition coefficient (Wildman–Crippen LogP) is -0.275.